The Morgan fingerprint density at radius 2 is 2.11 bits per heavy atom. The van der Waals surface area contributed by atoms with Crippen LogP contribution in [0.5, 0.6) is 0 Å². The highest BCUT2D eigenvalue weighted by atomic mass is 16.2. The summed E-state index contributed by atoms with van der Waals surface area (Å²) in [4.78, 5) is 27.8. The van der Waals surface area contributed by atoms with E-state index in [0.717, 1.165) is 50.0 Å². The summed E-state index contributed by atoms with van der Waals surface area (Å²) in [6.07, 6.45) is 3.78. The molecule has 1 aliphatic heterocycles. The molecule has 1 aromatic carbocycles. The number of amides is 1. The first-order chi connectivity index (χ1) is 13.6. The Morgan fingerprint density at radius 3 is 2.82 bits per heavy atom. The number of fused-ring (bicyclic) bond motifs is 3. The van der Waals surface area contributed by atoms with Gasteiger partial charge in [-0.3, -0.25) is 19.6 Å². The minimum atomic E-state index is -0.0905. The van der Waals surface area contributed by atoms with Gasteiger partial charge in [0.15, 0.2) is 5.78 Å². The fraction of sp³-hybridized carbons (Fsp3) is 0.476. The fourth-order valence-corrected chi connectivity index (χ4v) is 4.25. The predicted molar refractivity (Wildman–Crippen MR) is 108 cm³/mol. The van der Waals surface area contributed by atoms with E-state index in [-0.39, 0.29) is 11.7 Å². The smallest absolute Gasteiger partial charge is 0.238 e. The predicted octanol–water partition coefficient (Wildman–Crippen LogP) is 2.18. The molecule has 28 heavy (non-hydrogen) atoms. The Labute approximate surface area is 164 Å². The number of nitrogens with two attached hydrogens (primary N) is 1. The molecule has 1 aliphatic carbocycles. The molecule has 148 valence electrons. The van der Waals surface area contributed by atoms with Crippen molar-refractivity contribution in [1.82, 2.24) is 15.1 Å². The summed E-state index contributed by atoms with van der Waals surface area (Å²) in [5, 5.41) is 10.3. The molecule has 0 bridgehead atoms. The lowest BCUT2D eigenvalue weighted by atomic mass is 9.97. The van der Waals surface area contributed by atoms with Crippen molar-refractivity contribution in [3.05, 3.63) is 35.0 Å². The van der Waals surface area contributed by atoms with Gasteiger partial charge in [0.05, 0.1) is 23.4 Å². The van der Waals surface area contributed by atoms with Crippen LogP contribution in [0, 0.1) is 5.92 Å². The van der Waals surface area contributed by atoms with Crippen LogP contribution in [0.4, 0.5) is 5.69 Å². The topological polar surface area (TPSA) is 104 Å². The standard InChI is InChI=1S/C21H27N5O2/c1-2-4-16-19-20(25-24-16)14-5-3-6-15(18(14)21(19)28)23-17(27)12-26-9-7-13(11-22)8-10-26/h3,5-6,13H,2,4,7-12,22H2,1H3,(H,23,27)(H,24,25). The number of nitrogens with zero attached hydrogens (tertiary/aromatic N) is 2. The van der Waals surface area contributed by atoms with Crippen molar-refractivity contribution < 1.29 is 9.59 Å². The number of hydrogen-bond donors (Lipinski definition) is 3. The van der Waals surface area contributed by atoms with Crippen molar-refractivity contribution in [2.45, 2.75) is 32.6 Å². The number of H-pyrrole nitrogens is 1. The van der Waals surface area contributed by atoms with Crippen LogP contribution in [-0.4, -0.2) is 53.0 Å². The summed E-state index contributed by atoms with van der Waals surface area (Å²) >= 11 is 0. The minimum Gasteiger partial charge on any atom is -0.330 e. The van der Waals surface area contributed by atoms with Crippen molar-refractivity contribution in [1.29, 1.82) is 0 Å². The van der Waals surface area contributed by atoms with Gasteiger partial charge in [0, 0.05) is 11.3 Å². The van der Waals surface area contributed by atoms with Crippen LogP contribution in [0.3, 0.4) is 0 Å². The fourth-order valence-electron chi connectivity index (χ4n) is 4.25. The highest BCUT2D eigenvalue weighted by Crippen LogP contribution is 2.40. The molecule has 0 spiro atoms. The lowest BCUT2D eigenvalue weighted by molar-refractivity contribution is -0.117. The Morgan fingerprint density at radius 1 is 1.32 bits per heavy atom. The number of carbonyl (C=O) groups excluding carboxylic acids is 2. The molecule has 4 rings (SSSR count). The molecule has 0 saturated carbocycles. The number of rotatable bonds is 6. The highest BCUT2D eigenvalue weighted by Gasteiger charge is 2.34. The number of anilines is 1. The zero-order chi connectivity index (χ0) is 19.7. The normalized spacial score (nSPS) is 16.9. The number of aromatic amines is 1. The molecule has 1 aromatic heterocycles. The van der Waals surface area contributed by atoms with Gasteiger partial charge in [-0.05, 0) is 50.9 Å². The first kappa shape index (κ1) is 18.8. The number of nitrogens with one attached hydrogen (secondary N) is 2. The lowest BCUT2D eigenvalue weighted by Crippen LogP contribution is -2.40. The van der Waals surface area contributed by atoms with E-state index in [1.165, 1.54) is 0 Å². The van der Waals surface area contributed by atoms with Crippen molar-refractivity contribution in [2.75, 3.05) is 31.5 Å². The van der Waals surface area contributed by atoms with Crippen LogP contribution in [0.2, 0.25) is 0 Å². The maximum absolute atomic E-state index is 13.1. The van der Waals surface area contributed by atoms with Gasteiger partial charge in [0.2, 0.25) is 5.91 Å². The third-order valence-electron chi connectivity index (χ3n) is 5.80. The van der Waals surface area contributed by atoms with Gasteiger partial charge in [-0.2, -0.15) is 5.10 Å². The van der Waals surface area contributed by atoms with E-state index in [1.807, 2.05) is 12.1 Å². The van der Waals surface area contributed by atoms with Gasteiger partial charge in [-0.25, -0.2) is 0 Å². The second-order valence-electron chi connectivity index (χ2n) is 7.74. The second kappa shape index (κ2) is 7.85. The molecule has 0 atom stereocenters. The quantitative estimate of drug-likeness (QED) is 0.607. The van der Waals surface area contributed by atoms with Crippen LogP contribution >= 0.6 is 0 Å². The van der Waals surface area contributed by atoms with Gasteiger partial charge in [-0.15, -0.1) is 0 Å². The zero-order valence-corrected chi connectivity index (χ0v) is 16.3. The molecular weight excluding hydrogens is 354 g/mol. The van der Waals surface area contributed by atoms with Crippen molar-refractivity contribution in [3.8, 4) is 11.3 Å². The van der Waals surface area contributed by atoms with E-state index in [2.05, 4.69) is 27.3 Å². The number of likely N-dealkylation sites (tertiary alicyclic amines) is 1. The van der Waals surface area contributed by atoms with Gasteiger partial charge >= 0.3 is 0 Å². The van der Waals surface area contributed by atoms with Gasteiger partial charge in [0.1, 0.15) is 5.69 Å². The number of benzene rings is 1. The van der Waals surface area contributed by atoms with Crippen molar-refractivity contribution >= 4 is 17.4 Å². The average molecular weight is 381 g/mol. The van der Waals surface area contributed by atoms with Crippen LogP contribution in [-0.2, 0) is 11.2 Å². The number of aromatic nitrogens is 2. The molecule has 4 N–H and O–H groups in total. The molecule has 2 aromatic rings. The second-order valence-corrected chi connectivity index (χ2v) is 7.74. The number of piperidine rings is 1. The van der Waals surface area contributed by atoms with Gasteiger partial charge in [-0.1, -0.05) is 25.5 Å². The first-order valence-electron chi connectivity index (χ1n) is 10.1. The summed E-state index contributed by atoms with van der Waals surface area (Å²) in [7, 11) is 0. The Kier molecular flexibility index (Phi) is 5.28. The van der Waals surface area contributed by atoms with E-state index in [4.69, 9.17) is 5.73 Å². The maximum Gasteiger partial charge on any atom is 0.238 e. The zero-order valence-electron chi connectivity index (χ0n) is 16.3. The summed E-state index contributed by atoms with van der Waals surface area (Å²) < 4.78 is 0. The highest BCUT2D eigenvalue weighted by molar-refractivity contribution is 6.25. The Bertz CT molecular complexity index is 896. The van der Waals surface area contributed by atoms with E-state index in [0.29, 0.717) is 41.5 Å². The third kappa shape index (κ3) is 3.36. The van der Waals surface area contributed by atoms with E-state index >= 15 is 0 Å². The molecular formula is C21H27N5O2. The van der Waals surface area contributed by atoms with Crippen LogP contribution in [0.1, 0.15) is 47.8 Å². The van der Waals surface area contributed by atoms with E-state index < -0.39 is 0 Å². The molecule has 1 fully saturated rings. The third-order valence-corrected chi connectivity index (χ3v) is 5.80. The van der Waals surface area contributed by atoms with Crippen LogP contribution in [0.25, 0.3) is 11.3 Å². The molecule has 2 aliphatic rings. The Hall–Kier alpha value is -2.51. The SMILES string of the molecule is CCCc1[nH]nc2c1C(=O)c1c(NC(=O)CN3CCC(CN)CC3)cccc1-2. The van der Waals surface area contributed by atoms with Crippen molar-refractivity contribution in [2.24, 2.45) is 11.7 Å². The Balaban J connectivity index is 1.49. The first-order valence-corrected chi connectivity index (χ1v) is 10.1. The summed E-state index contributed by atoms with van der Waals surface area (Å²) in [5.74, 6) is 0.419. The number of hydrogen-bond acceptors (Lipinski definition) is 5. The van der Waals surface area contributed by atoms with Gasteiger partial charge < -0.3 is 11.1 Å². The molecule has 7 heteroatoms. The number of carbonyl (C=O) groups is 2. The van der Waals surface area contributed by atoms with Crippen LogP contribution in [0.15, 0.2) is 18.2 Å². The molecule has 1 saturated heterocycles. The maximum atomic E-state index is 13.1. The molecule has 0 radical (unpaired) electrons. The van der Waals surface area contributed by atoms with E-state index in [1.54, 1.807) is 6.07 Å². The average Bonchev–Trinajstić information content (AvgIpc) is 3.23. The minimum absolute atomic E-state index is 0.0538. The number of ketones is 1. The number of aryl methyl sites for hydroxylation is 1. The molecule has 7 nitrogen and oxygen atoms in total. The molecule has 0 unspecified atom stereocenters. The summed E-state index contributed by atoms with van der Waals surface area (Å²) in [6, 6.07) is 5.55. The summed E-state index contributed by atoms with van der Waals surface area (Å²) in [6.45, 7) is 4.89. The van der Waals surface area contributed by atoms with Crippen LogP contribution < -0.4 is 11.1 Å². The van der Waals surface area contributed by atoms with Gasteiger partial charge in [0.25, 0.3) is 0 Å². The molecule has 2 heterocycles. The molecule has 1 amide bonds. The van der Waals surface area contributed by atoms with E-state index in [9.17, 15) is 9.59 Å². The largest absolute Gasteiger partial charge is 0.330 e. The lowest BCUT2D eigenvalue weighted by Gasteiger charge is -2.30. The monoisotopic (exact) mass is 381 g/mol. The van der Waals surface area contributed by atoms with Crippen molar-refractivity contribution in [3.63, 3.8) is 0 Å². The summed E-state index contributed by atoms with van der Waals surface area (Å²) in [5.41, 5.74) is 9.89.